The summed E-state index contributed by atoms with van der Waals surface area (Å²) >= 11 is 0. The molecule has 0 atom stereocenters. The summed E-state index contributed by atoms with van der Waals surface area (Å²) in [6.07, 6.45) is 1.55. The van der Waals surface area contributed by atoms with Crippen LogP contribution in [0.2, 0.25) is 0 Å². The van der Waals surface area contributed by atoms with Crippen LogP contribution in [0.15, 0.2) is 29.3 Å². The summed E-state index contributed by atoms with van der Waals surface area (Å²) in [4.78, 5) is 15.8. The summed E-state index contributed by atoms with van der Waals surface area (Å²) in [7, 11) is 3.95. The highest BCUT2D eigenvalue weighted by Crippen LogP contribution is 2.18. The van der Waals surface area contributed by atoms with Crippen molar-refractivity contribution in [2.75, 3.05) is 14.1 Å². The fraction of sp³-hybridized carbons (Fsp3) is 0.300. The standard InChI is InChI=1S/C10H12N2O/c1-12(2)7-9-5-3-4-6-10(9)11-8-13/h3-6H,7H2,1-2H3. The van der Waals surface area contributed by atoms with Gasteiger partial charge in [0.05, 0.1) is 5.69 Å². The first-order chi connectivity index (χ1) is 6.24. The lowest BCUT2D eigenvalue weighted by Crippen LogP contribution is -2.10. The smallest absolute Gasteiger partial charge is 0.240 e. The number of benzene rings is 1. The maximum absolute atomic E-state index is 10.1. The Morgan fingerprint density at radius 2 is 2.08 bits per heavy atom. The molecule has 1 aromatic carbocycles. The van der Waals surface area contributed by atoms with Crippen molar-refractivity contribution in [1.82, 2.24) is 4.90 Å². The van der Waals surface area contributed by atoms with E-state index in [0.717, 1.165) is 12.1 Å². The van der Waals surface area contributed by atoms with E-state index in [1.165, 1.54) is 0 Å². The molecule has 3 heteroatoms. The molecule has 0 saturated carbocycles. The van der Waals surface area contributed by atoms with Gasteiger partial charge in [0.2, 0.25) is 6.08 Å². The molecule has 0 heterocycles. The predicted molar refractivity (Wildman–Crippen MR) is 51.6 cm³/mol. The molecular formula is C10H12N2O. The molecule has 0 aliphatic carbocycles. The first-order valence-corrected chi connectivity index (χ1v) is 4.04. The second-order valence-electron chi connectivity index (χ2n) is 3.07. The molecule has 0 N–H and O–H groups in total. The maximum Gasteiger partial charge on any atom is 0.240 e. The second kappa shape index (κ2) is 4.55. The Labute approximate surface area is 77.7 Å². The summed E-state index contributed by atoms with van der Waals surface area (Å²) in [6.45, 7) is 0.779. The van der Waals surface area contributed by atoms with Gasteiger partial charge in [0.25, 0.3) is 0 Å². The normalized spacial score (nSPS) is 9.77. The van der Waals surface area contributed by atoms with Crippen molar-refractivity contribution in [3.8, 4) is 0 Å². The molecule has 1 aromatic rings. The van der Waals surface area contributed by atoms with Crippen LogP contribution in [0.4, 0.5) is 5.69 Å². The lowest BCUT2D eigenvalue weighted by Gasteiger charge is -2.10. The molecule has 68 valence electrons. The first kappa shape index (κ1) is 9.65. The second-order valence-corrected chi connectivity index (χ2v) is 3.07. The van der Waals surface area contributed by atoms with E-state index in [9.17, 15) is 4.79 Å². The molecule has 1 rings (SSSR count). The molecule has 0 fully saturated rings. The van der Waals surface area contributed by atoms with E-state index < -0.39 is 0 Å². The Hall–Kier alpha value is -1.44. The van der Waals surface area contributed by atoms with Crippen molar-refractivity contribution in [3.63, 3.8) is 0 Å². The van der Waals surface area contributed by atoms with Gasteiger partial charge in [-0.3, -0.25) is 0 Å². The monoisotopic (exact) mass is 176 g/mol. The summed E-state index contributed by atoms with van der Waals surface area (Å²) in [5.41, 5.74) is 1.74. The molecule has 0 bridgehead atoms. The van der Waals surface area contributed by atoms with Crippen molar-refractivity contribution >= 4 is 11.8 Å². The minimum atomic E-state index is 0.700. The van der Waals surface area contributed by atoms with Gasteiger partial charge in [-0.05, 0) is 25.7 Å². The molecule has 0 aliphatic heterocycles. The van der Waals surface area contributed by atoms with E-state index in [1.54, 1.807) is 6.08 Å². The van der Waals surface area contributed by atoms with Gasteiger partial charge in [0.1, 0.15) is 0 Å². The fourth-order valence-electron chi connectivity index (χ4n) is 1.14. The minimum Gasteiger partial charge on any atom is -0.305 e. The average molecular weight is 176 g/mol. The lowest BCUT2D eigenvalue weighted by molar-refractivity contribution is 0.403. The number of isocyanates is 1. The van der Waals surface area contributed by atoms with Crippen molar-refractivity contribution < 1.29 is 4.79 Å². The van der Waals surface area contributed by atoms with E-state index in [0.29, 0.717) is 5.69 Å². The summed E-state index contributed by atoms with van der Waals surface area (Å²) in [5.74, 6) is 0. The first-order valence-electron chi connectivity index (χ1n) is 4.04. The zero-order chi connectivity index (χ0) is 9.68. The van der Waals surface area contributed by atoms with Crippen LogP contribution in [-0.2, 0) is 11.3 Å². The predicted octanol–water partition coefficient (Wildman–Crippen LogP) is 1.72. The summed E-state index contributed by atoms with van der Waals surface area (Å²) in [5, 5.41) is 0. The molecule has 13 heavy (non-hydrogen) atoms. The van der Waals surface area contributed by atoms with Gasteiger partial charge in [-0.15, -0.1) is 0 Å². The topological polar surface area (TPSA) is 32.7 Å². The third-order valence-electron chi connectivity index (χ3n) is 1.64. The SMILES string of the molecule is CN(C)Cc1ccccc1N=C=O. The molecule has 0 amide bonds. The highest BCUT2D eigenvalue weighted by atomic mass is 16.1. The highest BCUT2D eigenvalue weighted by Gasteiger charge is 2.00. The Morgan fingerprint density at radius 1 is 1.38 bits per heavy atom. The van der Waals surface area contributed by atoms with Crippen LogP contribution < -0.4 is 0 Å². The molecule has 0 aromatic heterocycles. The van der Waals surface area contributed by atoms with Gasteiger partial charge in [-0.1, -0.05) is 18.2 Å². The molecule has 3 nitrogen and oxygen atoms in total. The van der Waals surface area contributed by atoms with Gasteiger partial charge < -0.3 is 4.90 Å². The molecular weight excluding hydrogens is 164 g/mol. The van der Waals surface area contributed by atoms with E-state index >= 15 is 0 Å². The fourth-order valence-corrected chi connectivity index (χ4v) is 1.14. The van der Waals surface area contributed by atoms with Gasteiger partial charge in [0, 0.05) is 6.54 Å². The van der Waals surface area contributed by atoms with E-state index in [-0.39, 0.29) is 0 Å². The number of hydrogen-bond donors (Lipinski definition) is 0. The van der Waals surface area contributed by atoms with Gasteiger partial charge in [-0.25, -0.2) is 4.79 Å². The number of aliphatic imine (C=N–C) groups is 1. The molecule has 0 radical (unpaired) electrons. The van der Waals surface area contributed by atoms with Gasteiger partial charge in [0.15, 0.2) is 0 Å². The van der Waals surface area contributed by atoms with Crippen LogP contribution in [-0.4, -0.2) is 25.1 Å². The quantitative estimate of drug-likeness (QED) is 0.519. The third-order valence-corrected chi connectivity index (χ3v) is 1.64. The zero-order valence-corrected chi connectivity index (χ0v) is 7.82. The van der Waals surface area contributed by atoms with E-state index in [1.807, 2.05) is 43.3 Å². The Balaban J connectivity index is 2.97. The van der Waals surface area contributed by atoms with Crippen LogP contribution in [0.25, 0.3) is 0 Å². The third kappa shape index (κ3) is 2.82. The number of rotatable bonds is 3. The van der Waals surface area contributed by atoms with Gasteiger partial charge in [-0.2, -0.15) is 4.99 Å². The lowest BCUT2D eigenvalue weighted by atomic mass is 10.2. The molecule has 0 saturated heterocycles. The Bertz CT molecular complexity index is 327. The highest BCUT2D eigenvalue weighted by molar-refractivity contribution is 5.53. The van der Waals surface area contributed by atoms with Crippen molar-refractivity contribution in [3.05, 3.63) is 29.8 Å². The van der Waals surface area contributed by atoms with Crippen LogP contribution in [0.5, 0.6) is 0 Å². The summed E-state index contributed by atoms with van der Waals surface area (Å²) in [6, 6.07) is 7.55. The largest absolute Gasteiger partial charge is 0.305 e. The van der Waals surface area contributed by atoms with Crippen molar-refractivity contribution in [2.45, 2.75) is 6.54 Å². The Kier molecular flexibility index (Phi) is 3.38. The van der Waals surface area contributed by atoms with Crippen LogP contribution in [0.1, 0.15) is 5.56 Å². The number of nitrogens with zero attached hydrogens (tertiary/aromatic N) is 2. The van der Waals surface area contributed by atoms with Crippen LogP contribution >= 0.6 is 0 Å². The average Bonchev–Trinajstić information content (AvgIpc) is 2.08. The summed E-state index contributed by atoms with van der Waals surface area (Å²) < 4.78 is 0. The van der Waals surface area contributed by atoms with E-state index in [4.69, 9.17) is 0 Å². The van der Waals surface area contributed by atoms with Gasteiger partial charge >= 0.3 is 0 Å². The zero-order valence-electron chi connectivity index (χ0n) is 7.82. The molecule has 0 aliphatic rings. The molecule has 0 unspecified atom stereocenters. The van der Waals surface area contributed by atoms with E-state index in [2.05, 4.69) is 4.99 Å². The van der Waals surface area contributed by atoms with Crippen LogP contribution in [0, 0.1) is 0 Å². The molecule has 0 spiro atoms. The van der Waals surface area contributed by atoms with Crippen molar-refractivity contribution in [2.24, 2.45) is 4.99 Å². The van der Waals surface area contributed by atoms with Crippen molar-refractivity contribution in [1.29, 1.82) is 0 Å². The minimum absolute atomic E-state index is 0.700. The number of hydrogen-bond acceptors (Lipinski definition) is 3. The van der Waals surface area contributed by atoms with Crippen LogP contribution in [0.3, 0.4) is 0 Å². The number of para-hydroxylation sites is 1. The number of carbonyl (C=O) groups excluding carboxylic acids is 1. The maximum atomic E-state index is 10.1. The Morgan fingerprint density at radius 3 is 2.69 bits per heavy atom.